The monoisotopic (exact) mass is 232 g/mol. The summed E-state index contributed by atoms with van der Waals surface area (Å²) in [6.45, 7) is 2.05. The first-order valence-corrected chi connectivity index (χ1v) is 5.32. The van der Waals surface area contributed by atoms with E-state index in [0.29, 0.717) is 10.4 Å². The highest BCUT2D eigenvalue weighted by Crippen LogP contribution is 2.27. The van der Waals surface area contributed by atoms with E-state index in [-0.39, 0.29) is 0 Å². The lowest BCUT2D eigenvalue weighted by atomic mass is 10.1. The third kappa shape index (κ3) is 1.97. The zero-order valence-corrected chi connectivity index (χ0v) is 9.97. The molecule has 2 aromatic rings. The van der Waals surface area contributed by atoms with Gasteiger partial charge in [0.05, 0.1) is 19.1 Å². The van der Waals surface area contributed by atoms with Crippen molar-refractivity contribution < 1.29 is 4.74 Å². The number of nitrogens with zero attached hydrogens (tertiary/aromatic N) is 1. The van der Waals surface area contributed by atoms with E-state index in [1.54, 1.807) is 13.4 Å². The Bertz CT molecular complexity index is 563. The second kappa shape index (κ2) is 4.45. The maximum atomic E-state index is 5.27. The topological polar surface area (TPSA) is 37.9 Å². The van der Waals surface area contributed by atoms with Crippen molar-refractivity contribution in [3.05, 3.63) is 40.8 Å². The molecule has 1 aromatic carbocycles. The maximum absolute atomic E-state index is 5.27. The zero-order valence-electron chi connectivity index (χ0n) is 9.15. The zero-order chi connectivity index (χ0) is 11.5. The van der Waals surface area contributed by atoms with Crippen molar-refractivity contribution in [3.8, 4) is 17.0 Å². The molecule has 1 heterocycles. The van der Waals surface area contributed by atoms with Crippen molar-refractivity contribution in [1.82, 2.24) is 9.97 Å². The molecule has 0 saturated heterocycles. The van der Waals surface area contributed by atoms with E-state index in [9.17, 15) is 0 Å². The van der Waals surface area contributed by atoms with Crippen molar-refractivity contribution in [2.75, 3.05) is 7.11 Å². The number of aryl methyl sites for hydroxylation is 1. The number of hydrogen-bond acceptors (Lipinski definition) is 3. The van der Waals surface area contributed by atoms with Crippen LogP contribution < -0.4 is 4.74 Å². The van der Waals surface area contributed by atoms with Crippen LogP contribution in [0.3, 0.4) is 0 Å². The fourth-order valence-corrected chi connectivity index (χ4v) is 1.83. The van der Waals surface area contributed by atoms with Crippen LogP contribution in [-0.2, 0) is 0 Å². The van der Waals surface area contributed by atoms with Gasteiger partial charge in [0.25, 0.3) is 0 Å². The van der Waals surface area contributed by atoms with Crippen LogP contribution in [0, 0.1) is 11.6 Å². The van der Waals surface area contributed by atoms with E-state index in [2.05, 4.69) is 16.0 Å². The van der Waals surface area contributed by atoms with Gasteiger partial charge in [-0.25, -0.2) is 4.98 Å². The first-order valence-electron chi connectivity index (χ1n) is 4.91. The van der Waals surface area contributed by atoms with Gasteiger partial charge in [0.2, 0.25) is 0 Å². The Morgan fingerprint density at radius 1 is 1.38 bits per heavy atom. The molecule has 0 aliphatic rings. The Morgan fingerprint density at radius 2 is 2.19 bits per heavy atom. The molecular formula is C12H12N2OS. The number of methoxy groups -OCH3 is 1. The summed E-state index contributed by atoms with van der Waals surface area (Å²) in [5.41, 5.74) is 3.10. The van der Waals surface area contributed by atoms with Crippen LogP contribution in [0.15, 0.2) is 30.6 Å². The van der Waals surface area contributed by atoms with Crippen molar-refractivity contribution in [3.63, 3.8) is 0 Å². The summed E-state index contributed by atoms with van der Waals surface area (Å²) in [5.74, 6) is 0.614. The van der Waals surface area contributed by atoms with Crippen LogP contribution in [0.2, 0.25) is 0 Å². The van der Waals surface area contributed by atoms with Crippen LogP contribution in [0.1, 0.15) is 5.56 Å². The highest BCUT2D eigenvalue weighted by Gasteiger charge is 2.07. The molecule has 0 aliphatic heterocycles. The molecule has 0 unspecified atom stereocenters. The van der Waals surface area contributed by atoms with Crippen LogP contribution >= 0.6 is 12.2 Å². The molecule has 0 bridgehead atoms. The predicted octanol–water partition coefficient (Wildman–Crippen LogP) is 3.12. The fraction of sp³-hybridized carbons (Fsp3) is 0.167. The van der Waals surface area contributed by atoms with Gasteiger partial charge < -0.3 is 9.72 Å². The number of benzene rings is 1. The second-order valence-corrected chi connectivity index (χ2v) is 3.87. The summed E-state index contributed by atoms with van der Waals surface area (Å²) in [7, 11) is 1.60. The van der Waals surface area contributed by atoms with Crippen molar-refractivity contribution in [2.45, 2.75) is 6.92 Å². The van der Waals surface area contributed by atoms with E-state index in [1.807, 2.05) is 25.1 Å². The standard InChI is InChI=1S/C12H12N2OS/c1-8-4-3-5-9(6-8)10-11(15-2)12(16)14-7-13-10/h3-7H,1-2H3,(H,13,14,16). The first-order chi connectivity index (χ1) is 7.72. The lowest BCUT2D eigenvalue weighted by molar-refractivity contribution is 0.411. The van der Waals surface area contributed by atoms with Gasteiger partial charge in [0, 0.05) is 5.56 Å². The Labute approximate surface area is 99.1 Å². The maximum Gasteiger partial charge on any atom is 0.179 e. The third-order valence-corrected chi connectivity index (χ3v) is 2.61. The molecule has 0 amide bonds. The third-order valence-electron chi connectivity index (χ3n) is 2.32. The molecule has 0 aliphatic carbocycles. The van der Waals surface area contributed by atoms with Crippen molar-refractivity contribution in [2.24, 2.45) is 0 Å². The highest BCUT2D eigenvalue weighted by molar-refractivity contribution is 7.71. The number of aromatic nitrogens is 2. The van der Waals surface area contributed by atoms with Gasteiger partial charge in [-0.2, -0.15) is 0 Å². The van der Waals surface area contributed by atoms with Gasteiger partial charge >= 0.3 is 0 Å². The van der Waals surface area contributed by atoms with Gasteiger partial charge in [-0.15, -0.1) is 0 Å². The summed E-state index contributed by atoms with van der Waals surface area (Å²) in [5, 5.41) is 0. The molecule has 3 nitrogen and oxygen atoms in total. The van der Waals surface area contributed by atoms with Crippen molar-refractivity contribution >= 4 is 12.2 Å². The average Bonchev–Trinajstić information content (AvgIpc) is 2.28. The van der Waals surface area contributed by atoms with Gasteiger partial charge in [-0.05, 0) is 13.0 Å². The molecule has 0 atom stereocenters. The molecule has 0 radical (unpaired) electrons. The number of rotatable bonds is 2. The summed E-state index contributed by atoms with van der Waals surface area (Å²) >= 11 is 5.12. The van der Waals surface area contributed by atoms with Crippen LogP contribution in [-0.4, -0.2) is 17.1 Å². The second-order valence-electron chi connectivity index (χ2n) is 3.49. The average molecular weight is 232 g/mol. The van der Waals surface area contributed by atoms with Crippen molar-refractivity contribution in [1.29, 1.82) is 0 Å². The minimum absolute atomic E-state index is 0.470. The Hall–Kier alpha value is -1.68. The summed E-state index contributed by atoms with van der Waals surface area (Å²) in [4.78, 5) is 7.06. The minimum Gasteiger partial charge on any atom is -0.491 e. The predicted molar refractivity (Wildman–Crippen MR) is 66.1 cm³/mol. The highest BCUT2D eigenvalue weighted by atomic mass is 32.1. The minimum atomic E-state index is 0.470. The van der Waals surface area contributed by atoms with E-state index in [1.165, 1.54) is 5.56 Å². The van der Waals surface area contributed by atoms with Crippen LogP contribution in [0.4, 0.5) is 0 Å². The largest absolute Gasteiger partial charge is 0.491 e. The molecule has 1 aromatic heterocycles. The molecule has 16 heavy (non-hydrogen) atoms. The number of hydrogen-bond donors (Lipinski definition) is 1. The molecule has 4 heteroatoms. The number of nitrogens with one attached hydrogen (secondary N) is 1. The lowest BCUT2D eigenvalue weighted by Crippen LogP contribution is -1.94. The quantitative estimate of drug-likeness (QED) is 0.808. The SMILES string of the molecule is COc1c(-c2cccc(C)c2)[nH]cnc1=S. The lowest BCUT2D eigenvalue weighted by Gasteiger charge is -2.08. The number of aromatic amines is 1. The van der Waals surface area contributed by atoms with Gasteiger partial charge in [-0.3, -0.25) is 0 Å². The Morgan fingerprint density at radius 3 is 2.88 bits per heavy atom. The molecule has 1 N–H and O–H groups in total. The summed E-state index contributed by atoms with van der Waals surface area (Å²) < 4.78 is 5.74. The smallest absolute Gasteiger partial charge is 0.179 e. The summed E-state index contributed by atoms with van der Waals surface area (Å²) in [6.07, 6.45) is 1.59. The summed E-state index contributed by atoms with van der Waals surface area (Å²) in [6, 6.07) is 8.13. The first kappa shape index (κ1) is 10.8. The van der Waals surface area contributed by atoms with E-state index < -0.39 is 0 Å². The van der Waals surface area contributed by atoms with Gasteiger partial charge in [0.1, 0.15) is 0 Å². The Kier molecular flexibility index (Phi) is 3.01. The molecule has 0 saturated carbocycles. The van der Waals surface area contributed by atoms with Gasteiger partial charge in [0.15, 0.2) is 10.4 Å². The van der Waals surface area contributed by atoms with Crippen LogP contribution in [0.25, 0.3) is 11.3 Å². The number of ether oxygens (including phenoxy) is 1. The van der Waals surface area contributed by atoms with Crippen LogP contribution in [0.5, 0.6) is 5.75 Å². The fourth-order valence-electron chi connectivity index (χ4n) is 1.59. The Balaban J connectivity index is 2.64. The van der Waals surface area contributed by atoms with E-state index in [4.69, 9.17) is 17.0 Å². The molecule has 0 fully saturated rings. The van der Waals surface area contributed by atoms with E-state index >= 15 is 0 Å². The molecule has 82 valence electrons. The number of H-pyrrole nitrogens is 1. The van der Waals surface area contributed by atoms with Gasteiger partial charge in [-0.1, -0.05) is 36.0 Å². The molecular weight excluding hydrogens is 220 g/mol. The molecule has 0 spiro atoms. The normalized spacial score (nSPS) is 10.1. The van der Waals surface area contributed by atoms with E-state index in [0.717, 1.165) is 11.3 Å². The molecule has 2 rings (SSSR count).